The van der Waals surface area contributed by atoms with Crippen molar-refractivity contribution in [3.63, 3.8) is 0 Å². The van der Waals surface area contributed by atoms with Crippen LogP contribution in [0.15, 0.2) is 18.2 Å². The van der Waals surface area contributed by atoms with Gasteiger partial charge in [0.25, 0.3) is 0 Å². The maximum absolute atomic E-state index is 8.55. The molecule has 0 bridgehead atoms. The van der Waals surface area contributed by atoms with Crippen molar-refractivity contribution in [1.29, 1.82) is 0 Å². The molecule has 0 aliphatic carbocycles. The molecule has 1 rings (SSSR count). The molecule has 12 heavy (non-hydrogen) atoms. The van der Waals surface area contributed by atoms with Gasteiger partial charge in [0, 0.05) is 0 Å². The second kappa shape index (κ2) is 5.65. The first-order valence-electron chi connectivity index (χ1n) is 3.55. The Labute approximate surface area is 95.5 Å². The van der Waals surface area contributed by atoms with E-state index in [1.54, 1.807) is 0 Å². The van der Waals surface area contributed by atoms with Crippen molar-refractivity contribution in [3.8, 4) is 5.75 Å². The fourth-order valence-electron chi connectivity index (χ4n) is 1.09. The molecule has 0 radical (unpaired) electrons. The van der Waals surface area contributed by atoms with Gasteiger partial charge in [-0.05, 0) is 25.0 Å². The van der Waals surface area contributed by atoms with Gasteiger partial charge >= 0.3 is 37.2 Å². The van der Waals surface area contributed by atoms with Gasteiger partial charge in [0.05, 0.1) is 0 Å². The SMILES string of the molecule is Cc1cccc(C)c1OBO.[NaH]. The zero-order valence-corrected chi connectivity index (χ0v) is 6.79. The molecule has 0 aliphatic heterocycles. The normalized spacial score (nSPS) is 8.58. The van der Waals surface area contributed by atoms with Crippen LogP contribution in [0.25, 0.3) is 0 Å². The summed E-state index contributed by atoms with van der Waals surface area (Å²) in [7, 11) is -0.258. The molecule has 2 nitrogen and oxygen atoms in total. The van der Waals surface area contributed by atoms with Crippen molar-refractivity contribution in [3.05, 3.63) is 29.3 Å². The van der Waals surface area contributed by atoms with Crippen LogP contribution in [0.2, 0.25) is 0 Å². The molecule has 0 heterocycles. The van der Waals surface area contributed by atoms with Gasteiger partial charge in [-0.1, -0.05) is 18.2 Å². The van der Waals surface area contributed by atoms with E-state index in [9.17, 15) is 0 Å². The van der Waals surface area contributed by atoms with E-state index in [1.807, 2.05) is 32.0 Å². The quantitative estimate of drug-likeness (QED) is 0.653. The van der Waals surface area contributed by atoms with Crippen LogP contribution < -0.4 is 4.65 Å². The van der Waals surface area contributed by atoms with Crippen LogP contribution in [-0.4, -0.2) is 42.3 Å². The van der Waals surface area contributed by atoms with Crippen molar-refractivity contribution in [2.24, 2.45) is 0 Å². The zero-order valence-electron chi connectivity index (χ0n) is 6.79. The molecule has 1 aromatic rings. The van der Waals surface area contributed by atoms with E-state index in [0.29, 0.717) is 0 Å². The van der Waals surface area contributed by atoms with Crippen molar-refractivity contribution in [2.75, 3.05) is 0 Å². The van der Waals surface area contributed by atoms with E-state index in [2.05, 4.69) is 0 Å². The molecule has 0 aliphatic rings. The number of aryl methyl sites for hydroxylation is 2. The predicted molar refractivity (Wildman–Crippen MR) is 53.1 cm³/mol. The third kappa shape index (κ3) is 2.83. The minimum atomic E-state index is -0.258. The molecule has 0 spiro atoms. The molecule has 0 unspecified atom stereocenters. The molecule has 60 valence electrons. The Morgan fingerprint density at radius 2 is 1.75 bits per heavy atom. The Morgan fingerprint density at radius 1 is 1.25 bits per heavy atom. The average molecular weight is 174 g/mol. The van der Waals surface area contributed by atoms with Gasteiger partial charge in [-0.15, -0.1) is 0 Å². The summed E-state index contributed by atoms with van der Waals surface area (Å²) < 4.78 is 5.02. The number of para-hydroxylation sites is 1. The number of rotatable bonds is 2. The van der Waals surface area contributed by atoms with Crippen LogP contribution >= 0.6 is 0 Å². The van der Waals surface area contributed by atoms with Crippen molar-refractivity contribution >= 4 is 37.2 Å². The second-order valence-corrected chi connectivity index (χ2v) is 2.49. The van der Waals surface area contributed by atoms with Crippen LogP contribution in [0, 0.1) is 13.8 Å². The first-order chi connectivity index (χ1) is 5.25. The Balaban J connectivity index is 0.00000121. The monoisotopic (exact) mass is 174 g/mol. The second-order valence-electron chi connectivity index (χ2n) is 2.49. The van der Waals surface area contributed by atoms with Crippen LogP contribution in [0.3, 0.4) is 0 Å². The summed E-state index contributed by atoms with van der Waals surface area (Å²) in [6.07, 6.45) is 0. The van der Waals surface area contributed by atoms with E-state index < -0.39 is 0 Å². The van der Waals surface area contributed by atoms with Gasteiger partial charge < -0.3 is 9.68 Å². The summed E-state index contributed by atoms with van der Waals surface area (Å²) in [6.45, 7) is 3.91. The first kappa shape index (κ1) is 12.0. The van der Waals surface area contributed by atoms with Crippen molar-refractivity contribution < 1.29 is 9.68 Å². The van der Waals surface area contributed by atoms with Gasteiger partial charge in [-0.2, -0.15) is 0 Å². The zero-order chi connectivity index (χ0) is 8.27. The fraction of sp³-hybridized carbons (Fsp3) is 0.250. The molecule has 0 amide bonds. The first-order valence-corrected chi connectivity index (χ1v) is 3.55. The van der Waals surface area contributed by atoms with Crippen LogP contribution in [0.5, 0.6) is 5.75 Å². The van der Waals surface area contributed by atoms with Gasteiger partial charge in [-0.3, -0.25) is 0 Å². The Morgan fingerprint density at radius 3 is 2.17 bits per heavy atom. The van der Waals surface area contributed by atoms with E-state index in [-0.39, 0.29) is 37.2 Å². The summed E-state index contributed by atoms with van der Waals surface area (Å²) in [5.41, 5.74) is 2.11. The number of hydrogen-bond donors (Lipinski definition) is 1. The van der Waals surface area contributed by atoms with Gasteiger partial charge in [0.15, 0.2) is 0 Å². The summed E-state index contributed by atoms with van der Waals surface area (Å²) >= 11 is 0. The minimum absolute atomic E-state index is 0. The molecular weight excluding hydrogens is 162 g/mol. The molecule has 4 heteroatoms. The molecule has 0 saturated heterocycles. The third-order valence-corrected chi connectivity index (χ3v) is 1.62. The molecule has 0 atom stereocenters. The maximum atomic E-state index is 8.55. The van der Waals surface area contributed by atoms with Crippen molar-refractivity contribution in [2.45, 2.75) is 13.8 Å². The molecule has 1 aromatic carbocycles. The summed E-state index contributed by atoms with van der Waals surface area (Å²) in [5.74, 6) is 0.787. The summed E-state index contributed by atoms with van der Waals surface area (Å²) in [6, 6.07) is 5.88. The van der Waals surface area contributed by atoms with Gasteiger partial charge in [0.2, 0.25) is 0 Å². The van der Waals surface area contributed by atoms with Crippen LogP contribution in [0.4, 0.5) is 0 Å². The predicted octanol–water partition coefficient (Wildman–Crippen LogP) is 0.293. The van der Waals surface area contributed by atoms with E-state index in [4.69, 9.17) is 9.68 Å². The molecular formula is C8H12BNaO2. The third-order valence-electron chi connectivity index (χ3n) is 1.62. The van der Waals surface area contributed by atoms with E-state index >= 15 is 0 Å². The Bertz CT molecular complexity index is 233. The van der Waals surface area contributed by atoms with Crippen LogP contribution in [-0.2, 0) is 0 Å². The summed E-state index contributed by atoms with van der Waals surface area (Å²) in [4.78, 5) is 0. The average Bonchev–Trinajstić information content (AvgIpc) is 1.97. The molecule has 1 N–H and O–H groups in total. The number of hydrogen-bond acceptors (Lipinski definition) is 2. The van der Waals surface area contributed by atoms with Gasteiger partial charge in [0.1, 0.15) is 5.75 Å². The Kier molecular flexibility index (Phi) is 5.67. The molecule has 0 fully saturated rings. The topological polar surface area (TPSA) is 29.5 Å². The van der Waals surface area contributed by atoms with E-state index in [1.165, 1.54) is 0 Å². The fourth-order valence-corrected chi connectivity index (χ4v) is 1.09. The van der Waals surface area contributed by atoms with Gasteiger partial charge in [-0.25, -0.2) is 0 Å². The summed E-state index contributed by atoms with van der Waals surface area (Å²) in [5, 5.41) is 8.55. The van der Waals surface area contributed by atoms with Crippen molar-refractivity contribution in [1.82, 2.24) is 0 Å². The van der Waals surface area contributed by atoms with Crippen LogP contribution in [0.1, 0.15) is 11.1 Å². The van der Waals surface area contributed by atoms with E-state index in [0.717, 1.165) is 16.9 Å². The number of benzene rings is 1. The molecule has 0 aromatic heterocycles. The standard InChI is InChI=1S/C8H11BO2.Na.H/c1-6-4-3-5-7(2)8(6)11-9-10;;/h3-5,9-10H,1-2H3;;. The Hall–Kier alpha value is 0.0449. The molecule has 0 saturated carbocycles.